The highest BCUT2D eigenvalue weighted by molar-refractivity contribution is 5.70. The number of pyridine rings is 1. The minimum absolute atomic E-state index is 0.0683. The lowest BCUT2D eigenvalue weighted by Crippen LogP contribution is -2.51. The molecule has 3 fully saturated rings. The molecule has 0 spiro atoms. The summed E-state index contributed by atoms with van der Waals surface area (Å²) in [5, 5.41) is 8.51. The van der Waals surface area contributed by atoms with E-state index in [4.69, 9.17) is 18.8 Å². The fourth-order valence-electron chi connectivity index (χ4n) is 12.8. The number of aromatic nitrogens is 5. The lowest BCUT2D eigenvalue weighted by molar-refractivity contribution is -0.688. The zero-order valence-corrected chi connectivity index (χ0v) is 39.3. The first-order chi connectivity index (χ1) is 30.9. The van der Waals surface area contributed by atoms with Crippen LogP contribution in [0.25, 0.3) is 34.2 Å². The Balaban J connectivity index is 0.761. The number of rotatable bonds is 15. The normalized spacial score (nSPS) is 26.8. The van der Waals surface area contributed by atoms with Crippen molar-refractivity contribution in [1.82, 2.24) is 20.3 Å². The van der Waals surface area contributed by atoms with Gasteiger partial charge in [0, 0.05) is 67.0 Å². The summed E-state index contributed by atoms with van der Waals surface area (Å²) in [5.41, 5.74) is 6.98. The lowest BCUT2D eigenvalue weighted by Gasteiger charge is -2.58. The van der Waals surface area contributed by atoms with E-state index in [2.05, 4.69) is 102 Å². The van der Waals surface area contributed by atoms with E-state index >= 15 is 0 Å². The quantitative estimate of drug-likeness (QED) is 0.0577. The molecule has 64 heavy (non-hydrogen) atoms. The minimum atomic E-state index is -0.201. The molecule has 0 radical (unpaired) electrons. The highest BCUT2D eigenvalue weighted by Gasteiger charge is 2.59. The number of hydrogen-bond donors (Lipinski definition) is 0. The topological polar surface area (TPSA) is 111 Å². The van der Waals surface area contributed by atoms with Gasteiger partial charge in [0.05, 0.1) is 6.42 Å². The van der Waals surface area contributed by atoms with Crippen LogP contribution in [0.3, 0.4) is 0 Å². The number of carbonyl (C=O) groups excluding carboxylic acids is 1. The fourth-order valence-corrected chi connectivity index (χ4v) is 12.8. The third-order valence-corrected chi connectivity index (χ3v) is 16.3. The van der Waals surface area contributed by atoms with Gasteiger partial charge in [-0.3, -0.25) is 4.79 Å². The highest BCUT2D eigenvalue weighted by Crippen LogP contribution is 2.67. The summed E-state index contributed by atoms with van der Waals surface area (Å²) in [7, 11) is 4.08. The zero-order valence-electron chi connectivity index (χ0n) is 39.3. The van der Waals surface area contributed by atoms with Gasteiger partial charge in [-0.15, -0.1) is 0 Å². The number of aryl methyl sites for hydroxylation is 1. The second-order valence-electron chi connectivity index (χ2n) is 21.0. The zero-order chi connectivity index (χ0) is 44.6. The van der Waals surface area contributed by atoms with Crippen molar-refractivity contribution in [2.75, 3.05) is 19.0 Å². The second kappa shape index (κ2) is 18.4. The number of ether oxygens (including phenoxy) is 1. The van der Waals surface area contributed by atoms with E-state index in [1.807, 2.05) is 50.5 Å². The number of carbonyl (C=O) groups is 1. The van der Waals surface area contributed by atoms with Crippen LogP contribution in [0, 0.1) is 46.3 Å². The fraction of sp³-hybridized carbons (Fsp3) is 0.556. The molecule has 0 amide bonds. The van der Waals surface area contributed by atoms with Gasteiger partial charge in [0.2, 0.25) is 17.5 Å². The van der Waals surface area contributed by atoms with Gasteiger partial charge in [0.25, 0.3) is 5.89 Å². The number of anilines is 1. The van der Waals surface area contributed by atoms with E-state index in [-0.39, 0.29) is 23.9 Å². The summed E-state index contributed by atoms with van der Waals surface area (Å²) in [6, 6.07) is 20.1. The minimum Gasteiger partial charge on any atom is -0.462 e. The molecule has 2 aromatic carbocycles. The van der Waals surface area contributed by atoms with E-state index in [0.29, 0.717) is 35.3 Å². The van der Waals surface area contributed by atoms with Crippen LogP contribution in [-0.4, -0.2) is 46.4 Å². The standard InChI is InChI=1S/C54H69N6O4/c1-35(2)10-8-11-36(3)45-20-21-46-44-19-18-41-33-43(24-28-53(41,4)47(44)25-29-54(45,46)5)62-49(61)23-22-48-55-51(57-63-48)39-12-9-13-40(32-39)52-56-50(58-64-52)38-16-14-37(15-17-38)34-60-30-26-42(27-31-60)59(6)7/h9,12-18,26-27,30-32,35-36,43-47H,8,10-11,19-25,28-29,33-34H2,1-7H3/q+1. The van der Waals surface area contributed by atoms with Crippen molar-refractivity contribution in [1.29, 1.82) is 0 Å². The van der Waals surface area contributed by atoms with Gasteiger partial charge < -0.3 is 18.7 Å². The number of fused-ring (bicyclic) bond motifs is 5. The summed E-state index contributed by atoms with van der Waals surface area (Å²) >= 11 is 0. The van der Waals surface area contributed by atoms with Gasteiger partial charge in [0.15, 0.2) is 18.9 Å². The number of hydrogen-bond acceptors (Lipinski definition) is 9. The van der Waals surface area contributed by atoms with Gasteiger partial charge in [-0.25, -0.2) is 4.57 Å². The summed E-state index contributed by atoms with van der Waals surface area (Å²) in [4.78, 5) is 24.7. The van der Waals surface area contributed by atoms with Crippen molar-refractivity contribution in [2.45, 2.75) is 131 Å². The molecular weight excluding hydrogens is 797 g/mol. The van der Waals surface area contributed by atoms with Crippen LogP contribution >= 0.6 is 0 Å². The Morgan fingerprint density at radius 3 is 2.41 bits per heavy atom. The van der Waals surface area contributed by atoms with Crippen molar-refractivity contribution >= 4 is 11.7 Å². The average molecular weight is 866 g/mol. The Bertz CT molecular complexity index is 2420. The Kier molecular flexibility index (Phi) is 12.7. The van der Waals surface area contributed by atoms with E-state index < -0.39 is 0 Å². The predicted octanol–water partition coefficient (Wildman–Crippen LogP) is 11.7. The first-order valence-corrected chi connectivity index (χ1v) is 24.3. The summed E-state index contributed by atoms with van der Waals surface area (Å²) in [6.45, 7) is 13.3. The molecule has 8 unspecified atom stereocenters. The highest BCUT2D eigenvalue weighted by atomic mass is 16.5. The molecule has 0 bridgehead atoms. The Labute approximate surface area is 380 Å². The summed E-state index contributed by atoms with van der Waals surface area (Å²) in [6.07, 6.45) is 21.0. The van der Waals surface area contributed by atoms with E-state index in [0.717, 1.165) is 83.7 Å². The smallest absolute Gasteiger partial charge is 0.306 e. The van der Waals surface area contributed by atoms with Crippen molar-refractivity contribution < 1.29 is 23.1 Å². The van der Waals surface area contributed by atoms with Crippen molar-refractivity contribution in [3.63, 3.8) is 0 Å². The maximum absolute atomic E-state index is 13.2. The van der Waals surface area contributed by atoms with Crippen LogP contribution in [0.4, 0.5) is 5.69 Å². The lowest BCUT2D eigenvalue weighted by atomic mass is 9.47. The molecule has 0 aliphatic heterocycles. The van der Waals surface area contributed by atoms with Gasteiger partial charge in [-0.1, -0.05) is 112 Å². The van der Waals surface area contributed by atoms with Crippen LogP contribution < -0.4 is 9.47 Å². The van der Waals surface area contributed by atoms with Crippen LogP contribution in [-0.2, 0) is 22.5 Å². The molecule has 10 nitrogen and oxygen atoms in total. The average Bonchev–Trinajstić information content (AvgIpc) is 4.06. The molecule has 4 aliphatic rings. The number of nitrogens with zero attached hydrogens (tertiary/aromatic N) is 6. The van der Waals surface area contributed by atoms with E-state index in [1.165, 1.54) is 56.9 Å². The monoisotopic (exact) mass is 866 g/mol. The molecule has 3 aromatic heterocycles. The van der Waals surface area contributed by atoms with Gasteiger partial charge in [-0.05, 0) is 103 Å². The van der Waals surface area contributed by atoms with Crippen LogP contribution in [0.15, 0.2) is 93.8 Å². The number of benzene rings is 2. The summed E-state index contributed by atoms with van der Waals surface area (Å²) in [5.74, 6) is 6.47. The maximum Gasteiger partial charge on any atom is 0.306 e. The molecule has 0 N–H and O–H groups in total. The van der Waals surface area contributed by atoms with Crippen molar-refractivity contribution in [3.05, 3.63) is 96.2 Å². The van der Waals surface area contributed by atoms with Gasteiger partial charge in [0.1, 0.15) is 6.10 Å². The van der Waals surface area contributed by atoms with Gasteiger partial charge >= 0.3 is 5.97 Å². The van der Waals surface area contributed by atoms with Crippen LogP contribution in [0.1, 0.15) is 123 Å². The largest absolute Gasteiger partial charge is 0.462 e. The molecule has 338 valence electrons. The Morgan fingerprint density at radius 2 is 1.62 bits per heavy atom. The van der Waals surface area contributed by atoms with Crippen molar-refractivity contribution in [3.8, 4) is 34.2 Å². The SMILES string of the molecule is CC(C)CCCC(C)C1CCC2C3CC=C4CC(OC(=O)CCc5nc(-c6cccc(-c7nc(-c8ccc(C[n+]9ccc(N(C)C)cc9)cc8)no7)c6)no5)CCC4(C)C3CCC12C. The van der Waals surface area contributed by atoms with E-state index in [9.17, 15) is 4.79 Å². The first-order valence-electron chi connectivity index (χ1n) is 24.3. The molecule has 4 aliphatic carbocycles. The number of allylic oxidation sites excluding steroid dienone is 1. The summed E-state index contributed by atoms with van der Waals surface area (Å²) < 4.78 is 19.6. The molecule has 5 aromatic rings. The molecule has 3 heterocycles. The van der Waals surface area contributed by atoms with E-state index in [1.54, 1.807) is 5.57 Å². The number of esters is 1. The molecule has 10 heteroatoms. The molecule has 9 rings (SSSR count). The van der Waals surface area contributed by atoms with Gasteiger partial charge in [-0.2, -0.15) is 9.97 Å². The molecule has 3 saturated carbocycles. The van der Waals surface area contributed by atoms with Crippen LogP contribution in [0.2, 0.25) is 0 Å². The predicted molar refractivity (Wildman–Crippen MR) is 250 cm³/mol. The first kappa shape index (κ1) is 44.1. The molecule has 8 atom stereocenters. The third-order valence-electron chi connectivity index (χ3n) is 16.3. The van der Waals surface area contributed by atoms with Crippen LogP contribution in [0.5, 0.6) is 0 Å². The Morgan fingerprint density at radius 1 is 0.859 bits per heavy atom. The third kappa shape index (κ3) is 9.08. The molecular formula is C54H69N6O4+. The molecule has 0 saturated heterocycles. The Hall–Kier alpha value is -5.12. The maximum atomic E-state index is 13.2. The second-order valence-corrected chi connectivity index (χ2v) is 21.0. The van der Waals surface area contributed by atoms with Crippen molar-refractivity contribution in [2.24, 2.45) is 46.3 Å².